The highest BCUT2D eigenvalue weighted by atomic mass is 19.3. The molecular formula is C20H21F2N7O2. The molecule has 0 aliphatic carbocycles. The molecule has 0 spiro atoms. The van der Waals surface area contributed by atoms with Crippen LogP contribution in [0.4, 0.5) is 25.1 Å². The SMILES string of the molecule is Cc1nc(N2CCN(C(=O)Nc3cccc(OC(F)F)c3)CC2)cc(-n2cccn2)n1. The van der Waals surface area contributed by atoms with E-state index in [2.05, 4.69) is 30.0 Å². The van der Waals surface area contributed by atoms with Gasteiger partial charge < -0.3 is 19.9 Å². The zero-order chi connectivity index (χ0) is 21.8. The van der Waals surface area contributed by atoms with Gasteiger partial charge in [-0.05, 0) is 25.1 Å². The monoisotopic (exact) mass is 429 g/mol. The number of amides is 2. The van der Waals surface area contributed by atoms with Crippen LogP contribution in [0.5, 0.6) is 5.75 Å². The van der Waals surface area contributed by atoms with E-state index in [0.29, 0.717) is 43.5 Å². The number of hydrogen-bond acceptors (Lipinski definition) is 6. The number of anilines is 2. The third kappa shape index (κ3) is 5.05. The second-order valence-electron chi connectivity index (χ2n) is 6.89. The Morgan fingerprint density at radius 1 is 1.10 bits per heavy atom. The van der Waals surface area contributed by atoms with Crippen LogP contribution in [0.25, 0.3) is 5.82 Å². The van der Waals surface area contributed by atoms with Gasteiger partial charge in [0.05, 0.1) is 0 Å². The van der Waals surface area contributed by atoms with Crippen LogP contribution in [-0.2, 0) is 0 Å². The second-order valence-corrected chi connectivity index (χ2v) is 6.89. The number of hydrogen-bond donors (Lipinski definition) is 1. The molecule has 0 bridgehead atoms. The molecule has 1 fully saturated rings. The van der Waals surface area contributed by atoms with Crippen LogP contribution in [0, 0.1) is 6.92 Å². The Balaban J connectivity index is 1.37. The zero-order valence-electron chi connectivity index (χ0n) is 16.8. The number of halogens is 2. The van der Waals surface area contributed by atoms with E-state index in [1.807, 2.05) is 25.3 Å². The number of benzene rings is 1. The Hall–Kier alpha value is -3.76. The molecule has 1 saturated heterocycles. The van der Waals surface area contributed by atoms with Gasteiger partial charge in [0.15, 0.2) is 5.82 Å². The van der Waals surface area contributed by atoms with Crippen LogP contribution < -0.4 is 15.0 Å². The fourth-order valence-corrected chi connectivity index (χ4v) is 3.31. The van der Waals surface area contributed by atoms with Crippen LogP contribution >= 0.6 is 0 Å². The number of aryl methyl sites for hydroxylation is 1. The number of ether oxygens (including phenoxy) is 1. The van der Waals surface area contributed by atoms with Gasteiger partial charge in [-0.15, -0.1) is 0 Å². The van der Waals surface area contributed by atoms with Crippen molar-refractivity contribution >= 4 is 17.5 Å². The van der Waals surface area contributed by atoms with Crippen molar-refractivity contribution in [2.75, 3.05) is 36.4 Å². The van der Waals surface area contributed by atoms with Crippen LogP contribution in [-0.4, -0.2) is 63.5 Å². The summed E-state index contributed by atoms with van der Waals surface area (Å²) in [5.41, 5.74) is 0.390. The van der Waals surface area contributed by atoms with E-state index in [1.165, 1.54) is 12.1 Å². The van der Waals surface area contributed by atoms with Gasteiger partial charge in [0, 0.05) is 56.4 Å². The fourth-order valence-electron chi connectivity index (χ4n) is 3.31. The van der Waals surface area contributed by atoms with E-state index in [9.17, 15) is 13.6 Å². The van der Waals surface area contributed by atoms with Crippen molar-refractivity contribution in [3.05, 3.63) is 54.6 Å². The first-order valence-corrected chi connectivity index (χ1v) is 9.69. The fraction of sp³-hybridized carbons (Fsp3) is 0.300. The first-order valence-electron chi connectivity index (χ1n) is 9.69. The maximum atomic E-state index is 12.6. The normalized spacial score (nSPS) is 14.1. The lowest BCUT2D eigenvalue weighted by atomic mass is 10.3. The molecule has 0 unspecified atom stereocenters. The molecule has 2 amide bonds. The molecule has 162 valence electrons. The summed E-state index contributed by atoms with van der Waals surface area (Å²) in [6.45, 7) is 1.07. The molecule has 2 aromatic heterocycles. The lowest BCUT2D eigenvalue weighted by Crippen LogP contribution is -2.50. The summed E-state index contributed by atoms with van der Waals surface area (Å²) >= 11 is 0. The Bertz CT molecular complexity index is 1040. The summed E-state index contributed by atoms with van der Waals surface area (Å²) in [6.07, 6.45) is 3.50. The molecule has 0 radical (unpaired) electrons. The molecule has 1 N–H and O–H groups in total. The Labute approximate surface area is 177 Å². The van der Waals surface area contributed by atoms with Crippen LogP contribution in [0.3, 0.4) is 0 Å². The number of carbonyl (C=O) groups is 1. The number of alkyl halides is 2. The highest BCUT2D eigenvalue weighted by molar-refractivity contribution is 5.89. The Morgan fingerprint density at radius 2 is 1.87 bits per heavy atom. The third-order valence-electron chi connectivity index (χ3n) is 4.75. The molecular weight excluding hydrogens is 408 g/mol. The summed E-state index contributed by atoms with van der Waals surface area (Å²) in [6, 6.07) is 9.31. The average molecular weight is 429 g/mol. The van der Waals surface area contributed by atoms with Gasteiger partial charge in [-0.2, -0.15) is 13.9 Å². The molecule has 11 heteroatoms. The lowest BCUT2D eigenvalue weighted by Gasteiger charge is -2.35. The number of carbonyl (C=O) groups excluding carboxylic acids is 1. The van der Waals surface area contributed by atoms with E-state index in [1.54, 1.807) is 27.9 Å². The molecule has 0 atom stereocenters. The molecule has 31 heavy (non-hydrogen) atoms. The average Bonchev–Trinajstić information content (AvgIpc) is 3.28. The van der Waals surface area contributed by atoms with Gasteiger partial charge in [-0.1, -0.05) is 6.07 Å². The molecule has 3 aromatic rings. The standard InChI is InChI=1S/C20H21F2N7O2/c1-14-24-17(13-18(25-14)29-7-3-6-23-29)27-8-10-28(11-9-27)20(30)26-15-4-2-5-16(12-15)31-19(21)22/h2-7,12-13,19H,8-11H2,1H3,(H,26,30). The summed E-state index contributed by atoms with van der Waals surface area (Å²) < 4.78 is 30.8. The smallest absolute Gasteiger partial charge is 0.387 e. The van der Waals surface area contributed by atoms with Crippen molar-refractivity contribution < 1.29 is 18.3 Å². The number of rotatable bonds is 5. The minimum absolute atomic E-state index is 0.00950. The molecule has 1 aliphatic heterocycles. The topological polar surface area (TPSA) is 88.4 Å². The quantitative estimate of drug-likeness (QED) is 0.671. The zero-order valence-corrected chi connectivity index (χ0v) is 16.8. The summed E-state index contributed by atoms with van der Waals surface area (Å²) in [4.78, 5) is 25.3. The van der Waals surface area contributed by atoms with E-state index >= 15 is 0 Å². The first kappa shape index (κ1) is 20.5. The van der Waals surface area contributed by atoms with E-state index in [4.69, 9.17) is 0 Å². The highest BCUT2D eigenvalue weighted by Crippen LogP contribution is 2.21. The van der Waals surface area contributed by atoms with Gasteiger partial charge in [0.25, 0.3) is 0 Å². The summed E-state index contributed by atoms with van der Waals surface area (Å²) in [5.74, 6) is 2.08. The van der Waals surface area contributed by atoms with Crippen molar-refractivity contribution in [3.63, 3.8) is 0 Å². The van der Waals surface area contributed by atoms with Crippen LogP contribution in [0.15, 0.2) is 48.8 Å². The summed E-state index contributed by atoms with van der Waals surface area (Å²) in [5, 5.41) is 6.93. The molecule has 9 nitrogen and oxygen atoms in total. The third-order valence-corrected chi connectivity index (χ3v) is 4.75. The van der Waals surface area contributed by atoms with Gasteiger partial charge in [-0.25, -0.2) is 19.4 Å². The number of nitrogens with zero attached hydrogens (tertiary/aromatic N) is 6. The molecule has 0 saturated carbocycles. The van der Waals surface area contributed by atoms with Gasteiger partial charge >= 0.3 is 12.6 Å². The van der Waals surface area contributed by atoms with Gasteiger partial charge in [-0.3, -0.25) is 0 Å². The first-order chi connectivity index (χ1) is 15.0. The van der Waals surface area contributed by atoms with E-state index in [0.717, 1.165) is 5.82 Å². The van der Waals surface area contributed by atoms with Crippen molar-refractivity contribution in [1.82, 2.24) is 24.6 Å². The van der Waals surface area contributed by atoms with Gasteiger partial charge in [0.1, 0.15) is 17.4 Å². The van der Waals surface area contributed by atoms with Crippen molar-refractivity contribution in [3.8, 4) is 11.6 Å². The second kappa shape index (κ2) is 8.94. The predicted octanol–water partition coefficient (Wildman–Crippen LogP) is 2.93. The minimum Gasteiger partial charge on any atom is -0.435 e. The highest BCUT2D eigenvalue weighted by Gasteiger charge is 2.23. The predicted molar refractivity (Wildman–Crippen MR) is 110 cm³/mol. The molecule has 1 aliphatic rings. The largest absolute Gasteiger partial charge is 0.435 e. The minimum atomic E-state index is -2.92. The van der Waals surface area contributed by atoms with Crippen molar-refractivity contribution in [2.24, 2.45) is 0 Å². The molecule has 3 heterocycles. The van der Waals surface area contributed by atoms with E-state index in [-0.39, 0.29) is 11.8 Å². The summed E-state index contributed by atoms with van der Waals surface area (Å²) in [7, 11) is 0. The van der Waals surface area contributed by atoms with Crippen molar-refractivity contribution in [1.29, 1.82) is 0 Å². The molecule has 4 rings (SSSR count). The number of nitrogens with one attached hydrogen (secondary N) is 1. The number of piperazine rings is 1. The van der Waals surface area contributed by atoms with Crippen molar-refractivity contribution in [2.45, 2.75) is 13.5 Å². The number of urea groups is 1. The van der Waals surface area contributed by atoms with E-state index < -0.39 is 6.61 Å². The van der Waals surface area contributed by atoms with Crippen LogP contribution in [0.2, 0.25) is 0 Å². The lowest BCUT2D eigenvalue weighted by molar-refractivity contribution is -0.0498. The maximum Gasteiger partial charge on any atom is 0.387 e. The van der Waals surface area contributed by atoms with Crippen LogP contribution in [0.1, 0.15) is 5.82 Å². The van der Waals surface area contributed by atoms with Gasteiger partial charge in [0.2, 0.25) is 0 Å². The number of aromatic nitrogens is 4. The Kier molecular flexibility index (Phi) is 5.92. The Morgan fingerprint density at radius 3 is 2.58 bits per heavy atom. The maximum absolute atomic E-state index is 12.6. The molecule has 1 aromatic carbocycles.